The van der Waals surface area contributed by atoms with Gasteiger partial charge < -0.3 is 20.7 Å². The standard InChI is InChI=1S/C28H31F2N7O2/c1-15(2)25(31)33-13-17(4)35-28(38)19-7-6-18(12-16(19)3)36-26-27-34-14-21(37(27)11-10-32-26)20-8-9-22(39-5)24(30)23(20)29/h6-12,14-15,17H,13H2,1-5H3,(H2,31,33)(H,32,36)(H,35,38). The van der Waals surface area contributed by atoms with Crippen LogP contribution in [0.15, 0.2) is 48.9 Å². The van der Waals surface area contributed by atoms with Crippen LogP contribution in [0.1, 0.15) is 36.7 Å². The van der Waals surface area contributed by atoms with Gasteiger partial charge in [-0.2, -0.15) is 4.39 Å². The molecule has 4 aromatic rings. The van der Waals surface area contributed by atoms with Gasteiger partial charge in [-0.1, -0.05) is 13.8 Å². The molecule has 204 valence electrons. The highest BCUT2D eigenvalue weighted by molar-refractivity contribution is 5.96. The number of benzene rings is 2. The van der Waals surface area contributed by atoms with E-state index < -0.39 is 11.6 Å². The SMILES string of the molecule is COc1ccc(-c2cnc3c(Nc4ccc(C(=O)NC(C)CNC(=N)C(C)C)c(C)c4)nccn23)c(F)c1F. The molecule has 1 unspecified atom stereocenters. The number of aryl methyl sites for hydroxylation is 1. The zero-order valence-corrected chi connectivity index (χ0v) is 22.4. The van der Waals surface area contributed by atoms with Crippen molar-refractivity contribution >= 4 is 28.9 Å². The van der Waals surface area contributed by atoms with Crippen molar-refractivity contribution in [1.29, 1.82) is 5.41 Å². The Morgan fingerprint density at radius 1 is 1.13 bits per heavy atom. The molecule has 0 saturated heterocycles. The maximum Gasteiger partial charge on any atom is 0.251 e. The van der Waals surface area contributed by atoms with Crippen molar-refractivity contribution in [2.45, 2.75) is 33.7 Å². The number of rotatable bonds is 9. The number of hydrogen-bond donors (Lipinski definition) is 4. The van der Waals surface area contributed by atoms with E-state index in [1.165, 1.54) is 31.6 Å². The molecule has 4 rings (SSSR count). The van der Waals surface area contributed by atoms with Crippen molar-refractivity contribution < 1.29 is 18.3 Å². The second-order valence-electron chi connectivity index (χ2n) is 9.53. The summed E-state index contributed by atoms with van der Waals surface area (Å²) in [5.41, 5.74) is 2.75. The van der Waals surface area contributed by atoms with Gasteiger partial charge >= 0.3 is 0 Å². The Balaban J connectivity index is 1.52. The Hall–Kier alpha value is -4.54. The molecule has 2 aromatic carbocycles. The summed E-state index contributed by atoms with van der Waals surface area (Å²) in [7, 11) is 1.27. The largest absolute Gasteiger partial charge is 0.494 e. The van der Waals surface area contributed by atoms with E-state index in [9.17, 15) is 13.6 Å². The number of nitrogens with zero attached hydrogens (tertiary/aromatic N) is 3. The lowest BCUT2D eigenvalue weighted by molar-refractivity contribution is 0.0940. The Bertz CT molecular complexity index is 1530. The van der Waals surface area contributed by atoms with Crippen molar-refractivity contribution in [2.75, 3.05) is 19.0 Å². The van der Waals surface area contributed by atoms with E-state index in [-0.39, 0.29) is 29.2 Å². The van der Waals surface area contributed by atoms with Crippen molar-refractivity contribution in [3.05, 3.63) is 71.7 Å². The van der Waals surface area contributed by atoms with Gasteiger partial charge in [0.25, 0.3) is 5.91 Å². The van der Waals surface area contributed by atoms with Gasteiger partial charge in [-0.3, -0.25) is 14.6 Å². The zero-order valence-electron chi connectivity index (χ0n) is 22.4. The second kappa shape index (κ2) is 11.5. The first-order valence-corrected chi connectivity index (χ1v) is 12.5. The van der Waals surface area contributed by atoms with Gasteiger partial charge in [-0.05, 0) is 49.7 Å². The summed E-state index contributed by atoms with van der Waals surface area (Å²) in [4.78, 5) is 21.6. The normalized spacial score (nSPS) is 11.9. The predicted octanol–water partition coefficient (Wildman–Crippen LogP) is 5.08. The third-order valence-corrected chi connectivity index (χ3v) is 6.26. The minimum atomic E-state index is -1.07. The third-order valence-electron chi connectivity index (χ3n) is 6.26. The average molecular weight is 536 g/mol. The first kappa shape index (κ1) is 27.5. The second-order valence-corrected chi connectivity index (χ2v) is 9.53. The quantitative estimate of drug-likeness (QED) is 0.176. The Morgan fingerprint density at radius 3 is 2.59 bits per heavy atom. The molecule has 2 aromatic heterocycles. The maximum atomic E-state index is 14.8. The smallest absolute Gasteiger partial charge is 0.251 e. The highest BCUT2D eigenvalue weighted by Crippen LogP contribution is 2.31. The molecular weight excluding hydrogens is 504 g/mol. The fourth-order valence-corrected chi connectivity index (χ4v) is 4.05. The van der Waals surface area contributed by atoms with Gasteiger partial charge in [0.1, 0.15) is 0 Å². The summed E-state index contributed by atoms with van der Waals surface area (Å²) in [5, 5.41) is 17.1. The number of halogens is 2. The molecule has 0 saturated carbocycles. The van der Waals surface area contributed by atoms with E-state index in [0.717, 1.165) is 5.56 Å². The molecule has 0 radical (unpaired) electrons. The highest BCUT2D eigenvalue weighted by atomic mass is 19.2. The molecule has 1 atom stereocenters. The van der Waals surface area contributed by atoms with E-state index in [1.807, 2.05) is 33.8 Å². The van der Waals surface area contributed by atoms with Gasteiger partial charge in [0.15, 0.2) is 23.0 Å². The lowest BCUT2D eigenvalue weighted by Crippen LogP contribution is -2.42. The van der Waals surface area contributed by atoms with E-state index in [1.54, 1.807) is 22.7 Å². The summed E-state index contributed by atoms with van der Waals surface area (Å²) in [5.74, 6) is -1.57. The summed E-state index contributed by atoms with van der Waals surface area (Å²) in [6, 6.07) is 7.92. The average Bonchev–Trinajstić information content (AvgIpc) is 3.33. The number of anilines is 2. The summed E-state index contributed by atoms with van der Waals surface area (Å²) in [6.45, 7) is 8.03. The predicted molar refractivity (Wildman–Crippen MR) is 147 cm³/mol. The number of fused-ring (bicyclic) bond motifs is 1. The van der Waals surface area contributed by atoms with E-state index in [0.29, 0.717) is 40.8 Å². The molecule has 0 aliphatic carbocycles. The third kappa shape index (κ3) is 5.82. The van der Waals surface area contributed by atoms with Crippen LogP contribution in [0.2, 0.25) is 0 Å². The van der Waals surface area contributed by atoms with Crippen molar-refractivity contribution in [2.24, 2.45) is 5.92 Å². The molecule has 0 bridgehead atoms. The van der Waals surface area contributed by atoms with Crippen molar-refractivity contribution in [1.82, 2.24) is 25.0 Å². The number of carbonyl (C=O) groups is 1. The first-order valence-electron chi connectivity index (χ1n) is 12.5. The topological polar surface area (TPSA) is 116 Å². The van der Waals surface area contributed by atoms with Gasteiger partial charge in [0, 0.05) is 47.7 Å². The summed E-state index contributed by atoms with van der Waals surface area (Å²) >= 11 is 0. The molecule has 39 heavy (non-hydrogen) atoms. The van der Waals surface area contributed by atoms with Crippen LogP contribution in [-0.2, 0) is 0 Å². The lowest BCUT2D eigenvalue weighted by Gasteiger charge is -2.18. The van der Waals surface area contributed by atoms with Gasteiger partial charge in [-0.25, -0.2) is 14.4 Å². The molecule has 11 heteroatoms. The number of carbonyl (C=O) groups excluding carboxylic acids is 1. The number of amides is 1. The van der Waals surface area contributed by atoms with Crippen LogP contribution in [0.5, 0.6) is 5.75 Å². The number of imidazole rings is 1. The number of hydrogen-bond acceptors (Lipinski definition) is 6. The minimum absolute atomic E-state index is 0.0367. The van der Waals surface area contributed by atoms with Crippen molar-refractivity contribution in [3.63, 3.8) is 0 Å². The van der Waals surface area contributed by atoms with Gasteiger partial charge in [0.05, 0.1) is 24.8 Å². The molecule has 2 heterocycles. The van der Waals surface area contributed by atoms with Gasteiger partial charge in [-0.15, -0.1) is 0 Å². The molecule has 9 nitrogen and oxygen atoms in total. The molecule has 0 fully saturated rings. The Labute approximate surface area is 225 Å². The molecular formula is C28H31F2N7O2. The van der Waals surface area contributed by atoms with Crippen molar-refractivity contribution in [3.8, 4) is 17.0 Å². The minimum Gasteiger partial charge on any atom is -0.494 e. The summed E-state index contributed by atoms with van der Waals surface area (Å²) < 4.78 is 35.5. The Kier molecular flexibility index (Phi) is 8.08. The van der Waals surface area contributed by atoms with Crippen LogP contribution < -0.4 is 20.7 Å². The number of ether oxygens (including phenoxy) is 1. The van der Waals surface area contributed by atoms with Crippen LogP contribution >= 0.6 is 0 Å². The maximum absolute atomic E-state index is 14.8. The van der Waals surface area contributed by atoms with Crippen LogP contribution in [0.25, 0.3) is 16.9 Å². The van der Waals surface area contributed by atoms with E-state index in [4.69, 9.17) is 10.1 Å². The molecule has 4 N–H and O–H groups in total. The summed E-state index contributed by atoms with van der Waals surface area (Å²) in [6.07, 6.45) is 4.59. The van der Waals surface area contributed by atoms with E-state index in [2.05, 4.69) is 25.9 Å². The van der Waals surface area contributed by atoms with Crippen LogP contribution in [0.4, 0.5) is 20.3 Å². The fraction of sp³-hybridized carbons (Fsp3) is 0.286. The Morgan fingerprint density at radius 2 is 1.90 bits per heavy atom. The van der Waals surface area contributed by atoms with Crippen LogP contribution in [0.3, 0.4) is 0 Å². The molecule has 0 aliphatic rings. The molecule has 0 aliphatic heterocycles. The fourth-order valence-electron chi connectivity index (χ4n) is 4.05. The van der Waals surface area contributed by atoms with E-state index >= 15 is 0 Å². The monoisotopic (exact) mass is 535 g/mol. The lowest BCUT2D eigenvalue weighted by atomic mass is 10.1. The number of nitrogens with one attached hydrogen (secondary N) is 4. The highest BCUT2D eigenvalue weighted by Gasteiger charge is 2.19. The van der Waals surface area contributed by atoms with Crippen LogP contribution in [-0.4, -0.2) is 45.8 Å². The number of methoxy groups -OCH3 is 1. The number of amidine groups is 1. The van der Waals surface area contributed by atoms with Crippen LogP contribution in [0, 0.1) is 29.9 Å². The first-order chi connectivity index (χ1) is 18.6. The molecule has 0 spiro atoms. The zero-order chi connectivity index (χ0) is 28.3. The molecule has 1 amide bonds. The van der Waals surface area contributed by atoms with Gasteiger partial charge in [0.2, 0.25) is 5.82 Å². The number of aromatic nitrogens is 3.